The van der Waals surface area contributed by atoms with Gasteiger partial charge in [0.05, 0.1) is 12.2 Å². The summed E-state index contributed by atoms with van der Waals surface area (Å²) in [6, 6.07) is 9.09. The van der Waals surface area contributed by atoms with E-state index in [2.05, 4.69) is 15.9 Å². The fourth-order valence-electron chi connectivity index (χ4n) is 1.48. The molecule has 5 heteroatoms. The molecule has 2 aromatic rings. The molecule has 0 fully saturated rings. The lowest BCUT2D eigenvalue weighted by Crippen LogP contribution is -2.13. The molecule has 1 aromatic carbocycles. The summed E-state index contributed by atoms with van der Waals surface area (Å²) in [7, 11) is 0. The van der Waals surface area contributed by atoms with Crippen LogP contribution in [0.3, 0.4) is 0 Å². The molecule has 94 valence electrons. The lowest BCUT2D eigenvalue weighted by Gasteiger charge is -2.09. The van der Waals surface area contributed by atoms with E-state index in [0.717, 1.165) is 10.2 Å². The second kappa shape index (κ2) is 5.73. The number of nitrogens with zero attached hydrogens (tertiary/aromatic N) is 1. The molecule has 0 aliphatic rings. The zero-order chi connectivity index (χ0) is 13.0. The monoisotopic (exact) mass is 308 g/mol. The molecule has 0 unspecified atom stereocenters. The summed E-state index contributed by atoms with van der Waals surface area (Å²) < 4.78 is 8.42. The highest BCUT2D eigenvalue weighted by atomic mass is 79.9. The number of rotatable bonds is 4. The van der Waals surface area contributed by atoms with E-state index in [1.165, 1.54) is 6.07 Å². The van der Waals surface area contributed by atoms with Crippen molar-refractivity contribution >= 4 is 21.6 Å². The Bertz CT molecular complexity index is 578. The van der Waals surface area contributed by atoms with Crippen LogP contribution in [0.1, 0.15) is 0 Å². The van der Waals surface area contributed by atoms with Gasteiger partial charge in [-0.25, -0.2) is 0 Å². The van der Waals surface area contributed by atoms with Crippen LogP contribution in [0, 0.1) is 0 Å². The van der Waals surface area contributed by atoms with E-state index in [-0.39, 0.29) is 11.1 Å². The third kappa shape index (κ3) is 3.37. The maximum Gasteiger partial charge on any atom is 0.204 e. The Balaban J connectivity index is 1.90. The highest BCUT2D eigenvalue weighted by Gasteiger charge is 1.97. The molecule has 1 aromatic heterocycles. The van der Waals surface area contributed by atoms with Crippen LogP contribution < -0.4 is 15.9 Å². The minimum Gasteiger partial charge on any atom is -0.492 e. The van der Waals surface area contributed by atoms with E-state index in [1.807, 2.05) is 28.8 Å². The Kier molecular flexibility index (Phi) is 4.04. The van der Waals surface area contributed by atoms with Crippen molar-refractivity contribution in [3.8, 4) is 5.75 Å². The molecule has 4 nitrogen and oxygen atoms in total. The van der Waals surface area contributed by atoms with Crippen molar-refractivity contribution < 1.29 is 4.74 Å². The molecular formula is C13H13BrN2O2. The first-order valence-corrected chi connectivity index (χ1v) is 6.28. The van der Waals surface area contributed by atoms with Crippen LogP contribution in [0.4, 0.5) is 5.69 Å². The van der Waals surface area contributed by atoms with Gasteiger partial charge in [0.15, 0.2) is 0 Å². The van der Waals surface area contributed by atoms with E-state index in [0.29, 0.717) is 13.2 Å². The molecule has 0 aliphatic heterocycles. The van der Waals surface area contributed by atoms with Gasteiger partial charge in [-0.3, -0.25) is 4.79 Å². The van der Waals surface area contributed by atoms with Crippen LogP contribution in [-0.4, -0.2) is 11.2 Å². The van der Waals surface area contributed by atoms with Gasteiger partial charge in [-0.15, -0.1) is 0 Å². The van der Waals surface area contributed by atoms with E-state index in [1.54, 1.807) is 12.4 Å². The van der Waals surface area contributed by atoms with Gasteiger partial charge in [0, 0.05) is 22.9 Å². The molecule has 18 heavy (non-hydrogen) atoms. The lowest BCUT2D eigenvalue weighted by atomic mass is 10.3. The van der Waals surface area contributed by atoms with E-state index >= 15 is 0 Å². The molecule has 0 radical (unpaired) electrons. The first-order chi connectivity index (χ1) is 8.65. The molecule has 2 rings (SSSR count). The van der Waals surface area contributed by atoms with Crippen molar-refractivity contribution in [3.63, 3.8) is 0 Å². The molecular weight excluding hydrogens is 296 g/mol. The summed E-state index contributed by atoms with van der Waals surface area (Å²) in [6.45, 7) is 1.16. The Morgan fingerprint density at radius 2 is 1.94 bits per heavy atom. The number of hydrogen-bond acceptors (Lipinski definition) is 3. The molecule has 0 amide bonds. The Labute approximate surface area is 113 Å². The maximum absolute atomic E-state index is 11.1. The first-order valence-electron chi connectivity index (χ1n) is 5.49. The van der Waals surface area contributed by atoms with Gasteiger partial charge >= 0.3 is 0 Å². The summed E-state index contributed by atoms with van der Waals surface area (Å²) in [5, 5.41) is 0. The zero-order valence-corrected chi connectivity index (χ0v) is 11.3. The van der Waals surface area contributed by atoms with Crippen molar-refractivity contribution in [3.05, 3.63) is 57.4 Å². The SMILES string of the molecule is Nc1cn(CCOc2ccc(Br)cc2)ccc1=O. The molecule has 0 bridgehead atoms. The maximum atomic E-state index is 11.1. The number of aromatic nitrogens is 1. The van der Waals surface area contributed by atoms with Crippen molar-refractivity contribution in [2.75, 3.05) is 12.3 Å². The van der Waals surface area contributed by atoms with Gasteiger partial charge in [-0.1, -0.05) is 15.9 Å². The summed E-state index contributed by atoms with van der Waals surface area (Å²) >= 11 is 3.36. The average molecular weight is 309 g/mol. The van der Waals surface area contributed by atoms with Crippen LogP contribution in [0.25, 0.3) is 0 Å². The first kappa shape index (κ1) is 12.7. The number of anilines is 1. The number of ether oxygens (including phenoxy) is 1. The van der Waals surface area contributed by atoms with Gasteiger partial charge in [0.25, 0.3) is 0 Å². The lowest BCUT2D eigenvalue weighted by molar-refractivity contribution is 0.298. The highest BCUT2D eigenvalue weighted by Crippen LogP contribution is 2.15. The Hall–Kier alpha value is -1.75. The quantitative estimate of drug-likeness (QED) is 0.942. The Morgan fingerprint density at radius 1 is 1.22 bits per heavy atom. The fourth-order valence-corrected chi connectivity index (χ4v) is 1.75. The normalized spacial score (nSPS) is 10.3. The molecule has 0 aliphatic carbocycles. The summed E-state index contributed by atoms with van der Waals surface area (Å²) in [5.41, 5.74) is 5.64. The zero-order valence-electron chi connectivity index (χ0n) is 9.67. The number of hydrogen-bond donors (Lipinski definition) is 1. The molecule has 0 spiro atoms. The third-order valence-electron chi connectivity index (χ3n) is 2.44. The number of nitrogens with two attached hydrogens (primary N) is 1. The molecule has 1 heterocycles. The predicted molar refractivity (Wildman–Crippen MR) is 74.8 cm³/mol. The standard InChI is InChI=1S/C13H13BrN2O2/c14-10-1-3-11(4-2-10)18-8-7-16-6-5-13(17)12(15)9-16/h1-6,9H,7-8,15H2. The van der Waals surface area contributed by atoms with Crippen LogP contribution in [0.5, 0.6) is 5.75 Å². The molecule has 0 saturated carbocycles. The van der Waals surface area contributed by atoms with Gasteiger partial charge in [-0.2, -0.15) is 0 Å². The fraction of sp³-hybridized carbons (Fsp3) is 0.154. The number of benzene rings is 1. The molecule has 0 atom stereocenters. The van der Waals surface area contributed by atoms with Gasteiger partial charge in [0.1, 0.15) is 12.4 Å². The van der Waals surface area contributed by atoms with E-state index < -0.39 is 0 Å². The van der Waals surface area contributed by atoms with Crippen LogP contribution in [-0.2, 0) is 6.54 Å². The molecule has 2 N–H and O–H groups in total. The van der Waals surface area contributed by atoms with Crippen LogP contribution in [0.15, 0.2) is 52.0 Å². The Morgan fingerprint density at radius 3 is 2.61 bits per heavy atom. The van der Waals surface area contributed by atoms with Crippen molar-refractivity contribution in [1.82, 2.24) is 4.57 Å². The minimum atomic E-state index is -0.153. The number of halogens is 1. The van der Waals surface area contributed by atoms with Gasteiger partial charge in [0.2, 0.25) is 5.43 Å². The summed E-state index contributed by atoms with van der Waals surface area (Å²) in [6.07, 6.45) is 3.32. The molecule has 0 saturated heterocycles. The second-order valence-corrected chi connectivity index (χ2v) is 4.72. The summed E-state index contributed by atoms with van der Waals surface area (Å²) in [5.74, 6) is 0.812. The number of nitrogen functional groups attached to an aromatic ring is 1. The van der Waals surface area contributed by atoms with Crippen LogP contribution >= 0.6 is 15.9 Å². The van der Waals surface area contributed by atoms with Gasteiger partial charge < -0.3 is 15.0 Å². The number of pyridine rings is 1. The van der Waals surface area contributed by atoms with Gasteiger partial charge in [-0.05, 0) is 24.3 Å². The largest absolute Gasteiger partial charge is 0.492 e. The van der Waals surface area contributed by atoms with E-state index in [4.69, 9.17) is 10.5 Å². The topological polar surface area (TPSA) is 57.2 Å². The third-order valence-corrected chi connectivity index (χ3v) is 2.97. The minimum absolute atomic E-state index is 0.153. The second-order valence-electron chi connectivity index (χ2n) is 3.80. The van der Waals surface area contributed by atoms with Crippen molar-refractivity contribution in [1.29, 1.82) is 0 Å². The highest BCUT2D eigenvalue weighted by molar-refractivity contribution is 9.10. The average Bonchev–Trinajstić information content (AvgIpc) is 2.36. The summed E-state index contributed by atoms with van der Waals surface area (Å²) in [4.78, 5) is 11.1. The van der Waals surface area contributed by atoms with Crippen molar-refractivity contribution in [2.24, 2.45) is 0 Å². The van der Waals surface area contributed by atoms with Crippen LogP contribution in [0.2, 0.25) is 0 Å². The van der Waals surface area contributed by atoms with E-state index in [9.17, 15) is 4.79 Å². The van der Waals surface area contributed by atoms with Crippen molar-refractivity contribution in [2.45, 2.75) is 6.54 Å². The smallest absolute Gasteiger partial charge is 0.204 e. The predicted octanol–water partition coefficient (Wildman–Crippen LogP) is 2.27.